The first kappa shape index (κ1) is 16.8. The van der Waals surface area contributed by atoms with Gasteiger partial charge in [-0.25, -0.2) is 0 Å². The average Bonchev–Trinajstić information content (AvgIpc) is 2.93. The third-order valence-electron chi connectivity index (χ3n) is 3.36. The van der Waals surface area contributed by atoms with E-state index in [1.165, 1.54) is 4.90 Å². The van der Waals surface area contributed by atoms with Crippen molar-refractivity contribution in [2.45, 2.75) is 26.3 Å². The minimum absolute atomic E-state index is 0.115. The molecule has 0 spiro atoms. The van der Waals surface area contributed by atoms with Crippen LogP contribution in [0.5, 0.6) is 0 Å². The number of carbonyl (C=O) groups is 2. The second kappa shape index (κ2) is 6.66. The molecule has 0 saturated carbocycles. The summed E-state index contributed by atoms with van der Waals surface area (Å²) in [6, 6.07) is 2.72. The zero-order valence-corrected chi connectivity index (χ0v) is 14.2. The van der Waals surface area contributed by atoms with E-state index in [-0.39, 0.29) is 16.1 Å². The molecule has 1 atom stereocenters. The number of thiocarbonyl (C=S) groups is 1. The highest BCUT2D eigenvalue weighted by Gasteiger charge is 2.38. The van der Waals surface area contributed by atoms with E-state index in [0.717, 1.165) is 17.5 Å². The van der Waals surface area contributed by atoms with Gasteiger partial charge in [0.25, 0.3) is 5.91 Å². The molecule has 0 unspecified atom stereocenters. The number of thioether (sulfide) groups is 1. The molecule has 0 bridgehead atoms. The zero-order valence-electron chi connectivity index (χ0n) is 12.6. The van der Waals surface area contributed by atoms with Crippen molar-refractivity contribution >= 4 is 46.3 Å². The number of hydrogen-bond donors (Lipinski definition) is 0. The Kier molecular flexibility index (Phi) is 5.08. The number of nitrogens with zero attached hydrogens (tertiary/aromatic N) is 2. The molecule has 1 aromatic heterocycles. The predicted octanol–water partition coefficient (Wildman–Crippen LogP) is 1.39. The van der Waals surface area contributed by atoms with Gasteiger partial charge in [-0.15, -0.1) is 0 Å². The Balaban J connectivity index is 2.30. The minimum Gasteiger partial charge on any atom is -0.548 e. The average molecular weight is 337 g/mol. The van der Waals surface area contributed by atoms with Crippen LogP contribution in [0.4, 0.5) is 0 Å². The van der Waals surface area contributed by atoms with E-state index in [1.807, 2.05) is 43.8 Å². The second-order valence-corrected chi connectivity index (χ2v) is 7.24. The van der Waals surface area contributed by atoms with Gasteiger partial charge in [-0.1, -0.05) is 37.8 Å². The molecule has 0 aromatic carbocycles. The van der Waals surface area contributed by atoms with Crippen LogP contribution in [0.2, 0.25) is 0 Å². The van der Waals surface area contributed by atoms with Gasteiger partial charge < -0.3 is 14.5 Å². The number of aryl methyl sites for hydroxylation is 1. The van der Waals surface area contributed by atoms with E-state index in [1.54, 1.807) is 6.08 Å². The summed E-state index contributed by atoms with van der Waals surface area (Å²) in [7, 11) is 1.87. The highest BCUT2D eigenvalue weighted by molar-refractivity contribution is 8.26. The highest BCUT2D eigenvalue weighted by atomic mass is 32.2. The van der Waals surface area contributed by atoms with Gasteiger partial charge in [0.1, 0.15) is 4.32 Å². The third-order valence-corrected chi connectivity index (χ3v) is 4.70. The van der Waals surface area contributed by atoms with Crippen LogP contribution in [-0.2, 0) is 16.6 Å². The van der Waals surface area contributed by atoms with Crippen LogP contribution in [0.15, 0.2) is 23.2 Å². The summed E-state index contributed by atoms with van der Waals surface area (Å²) in [5.74, 6) is -1.53. The number of carbonyl (C=O) groups excluding carboxylic acids is 2. The molecule has 0 radical (unpaired) electrons. The lowest BCUT2D eigenvalue weighted by Gasteiger charge is -2.28. The fraction of sp³-hybridized carbons (Fsp3) is 0.400. The Hall–Kier alpha value is -1.60. The van der Waals surface area contributed by atoms with E-state index in [0.29, 0.717) is 11.3 Å². The molecular formula is C15H17N2O3S2-. The van der Waals surface area contributed by atoms with Gasteiger partial charge in [-0.05, 0) is 30.5 Å². The fourth-order valence-corrected chi connectivity index (χ4v) is 3.60. The first-order valence-corrected chi connectivity index (χ1v) is 8.13. The molecule has 118 valence electrons. The molecule has 22 heavy (non-hydrogen) atoms. The number of aliphatic carboxylic acids is 1. The molecule has 2 heterocycles. The summed E-state index contributed by atoms with van der Waals surface area (Å²) < 4.78 is 2.14. The van der Waals surface area contributed by atoms with E-state index >= 15 is 0 Å². The molecule has 0 aliphatic carbocycles. The zero-order chi connectivity index (χ0) is 16.4. The van der Waals surface area contributed by atoms with Crippen molar-refractivity contribution in [2.75, 3.05) is 0 Å². The Morgan fingerprint density at radius 2 is 2.18 bits per heavy atom. The van der Waals surface area contributed by atoms with Gasteiger partial charge in [0, 0.05) is 18.9 Å². The van der Waals surface area contributed by atoms with E-state index in [4.69, 9.17) is 12.2 Å². The van der Waals surface area contributed by atoms with Gasteiger partial charge in [0.15, 0.2) is 0 Å². The smallest absolute Gasteiger partial charge is 0.266 e. The van der Waals surface area contributed by atoms with Crippen molar-refractivity contribution in [1.82, 2.24) is 9.47 Å². The van der Waals surface area contributed by atoms with Gasteiger partial charge in [0.05, 0.1) is 16.9 Å². The van der Waals surface area contributed by atoms with Crippen molar-refractivity contribution in [3.63, 3.8) is 0 Å². The number of carboxylic acid groups (broad SMARTS) is 1. The van der Waals surface area contributed by atoms with Crippen LogP contribution < -0.4 is 5.11 Å². The van der Waals surface area contributed by atoms with Crippen molar-refractivity contribution in [3.8, 4) is 0 Å². The molecule has 1 fully saturated rings. The molecule has 7 heteroatoms. The number of amides is 1. The first-order valence-electron chi connectivity index (χ1n) is 6.90. The third kappa shape index (κ3) is 3.41. The van der Waals surface area contributed by atoms with Crippen LogP contribution in [0.3, 0.4) is 0 Å². The molecule has 1 aliphatic heterocycles. The van der Waals surface area contributed by atoms with E-state index < -0.39 is 12.0 Å². The topological polar surface area (TPSA) is 65.4 Å². The Morgan fingerprint density at radius 3 is 2.68 bits per heavy atom. The molecule has 2 rings (SSSR count). The maximum atomic E-state index is 12.5. The number of carboxylic acids is 1. The summed E-state index contributed by atoms with van der Waals surface area (Å²) >= 11 is 6.33. The first-order chi connectivity index (χ1) is 10.3. The Labute approximate surface area is 139 Å². The molecule has 1 amide bonds. The van der Waals surface area contributed by atoms with Crippen LogP contribution in [-0.4, -0.2) is 31.7 Å². The number of aromatic nitrogens is 1. The van der Waals surface area contributed by atoms with Gasteiger partial charge >= 0.3 is 0 Å². The van der Waals surface area contributed by atoms with Crippen LogP contribution in [0, 0.1) is 5.92 Å². The van der Waals surface area contributed by atoms with Gasteiger partial charge in [-0.3, -0.25) is 9.69 Å². The lowest BCUT2D eigenvalue weighted by atomic mass is 10.0. The SMILES string of the molecule is CC(C)C[C@@H](C(=O)[O-])N1C(=O)C(=Cc2cccn2C)SC1=S. The quantitative estimate of drug-likeness (QED) is 0.600. The van der Waals surface area contributed by atoms with Crippen molar-refractivity contribution in [3.05, 3.63) is 28.9 Å². The summed E-state index contributed by atoms with van der Waals surface area (Å²) in [5, 5.41) is 11.4. The second-order valence-electron chi connectivity index (χ2n) is 5.56. The lowest BCUT2D eigenvalue weighted by molar-refractivity contribution is -0.310. The van der Waals surface area contributed by atoms with Crippen molar-refractivity contribution in [2.24, 2.45) is 13.0 Å². The molecule has 5 nitrogen and oxygen atoms in total. The van der Waals surface area contributed by atoms with Crippen LogP contribution in [0.25, 0.3) is 6.08 Å². The maximum Gasteiger partial charge on any atom is 0.266 e. The summed E-state index contributed by atoms with van der Waals surface area (Å²) in [5.41, 5.74) is 0.856. The molecular weight excluding hydrogens is 320 g/mol. The maximum absolute atomic E-state index is 12.5. The Bertz CT molecular complexity index is 649. The molecule has 1 aromatic rings. The Morgan fingerprint density at radius 1 is 1.50 bits per heavy atom. The van der Waals surface area contributed by atoms with Crippen LogP contribution in [0.1, 0.15) is 26.0 Å². The predicted molar refractivity (Wildman–Crippen MR) is 88.7 cm³/mol. The summed E-state index contributed by atoms with van der Waals surface area (Å²) in [6.45, 7) is 3.79. The minimum atomic E-state index is -1.27. The van der Waals surface area contributed by atoms with E-state index in [9.17, 15) is 14.7 Å². The lowest BCUT2D eigenvalue weighted by Crippen LogP contribution is -2.50. The largest absolute Gasteiger partial charge is 0.548 e. The summed E-state index contributed by atoms with van der Waals surface area (Å²) in [6.07, 6.45) is 3.91. The van der Waals surface area contributed by atoms with Crippen molar-refractivity contribution in [1.29, 1.82) is 0 Å². The van der Waals surface area contributed by atoms with E-state index in [2.05, 4.69) is 0 Å². The summed E-state index contributed by atoms with van der Waals surface area (Å²) in [4.78, 5) is 25.5. The van der Waals surface area contributed by atoms with Gasteiger partial charge in [0.2, 0.25) is 0 Å². The van der Waals surface area contributed by atoms with Crippen molar-refractivity contribution < 1.29 is 14.7 Å². The standard InChI is InChI=1S/C15H18N2O3S2/c1-9(2)7-11(14(19)20)17-13(18)12(22-15(17)21)8-10-5-4-6-16(10)3/h4-6,8-9,11H,7H2,1-3H3,(H,19,20)/p-1/t11-/m0/s1. The number of hydrogen-bond acceptors (Lipinski definition) is 5. The monoisotopic (exact) mass is 337 g/mol. The molecule has 0 N–H and O–H groups in total. The normalized spacial score (nSPS) is 18.5. The molecule has 1 aliphatic rings. The number of rotatable bonds is 5. The fourth-order valence-electron chi connectivity index (χ4n) is 2.26. The highest BCUT2D eigenvalue weighted by Crippen LogP contribution is 2.35. The van der Waals surface area contributed by atoms with Gasteiger partial charge in [-0.2, -0.15) is 0 Å². The molecule has 1 saturated heterocycles. The van der Waals surface area contributed by atoms with Crippen LogP contribution >= 0.6 is 24.0 Å².